The van der Waals surface area contributed by atoms with Crippen molar-refractivity contribution >= 4 is 12.3 Å². The molecule has 0 fully saturated rings. The van der Waals surface area contributed by atoms with E-state index in [2.05, 4.69) is 13.0 Å². The Hall–Kier alpha value is -2.34. The fourth-order valence-electron chi connectivity index (χ4n) is 5.48. The lowest BCUT2D eigenvalue weighted by Crippen LogP contribution is -2.60. The molecular weight excluding hydrogens is 454 g/mol. The molecule has 0 aliphatic carbocycles. The topological polar surface area (TPSA) is 76.1 Å². The van der Waals surface area contributed by atoms with Crippen molar-refractivity contribution in [3.8, 4) is 0 Å². The maximum atomic E-state index is 12.6. The summed E-state index contributed by atoms with van der Waals surface area (Å²) in [6, 6.07) is 8.08. The van der Waals surface area contributed by atoms with Crippen molar-refractivity contribution in [1.82, 2.24) is 4.90 Å². The molecule has 2 heterocycles. The van der Waals surface area contributed by atoms with Crippen molar-refractivity contribution in [3.05, 3.63) is 47.4 Å². The number of carboxylic acid groups (broad SMARTS) is 1. The third-order valence-electron chi connectivity index (χ3n) is 7.60. The van der Waals surface area contributed by atoms with E-state index >= 15 is 0 Å². The second-order valence-electron chi connectivity index (χ2n) is 10.3. The minimum absolute atomic E-state index is 0.0793. The van der Waals surface area contributed by atoms with E-state index in [1.807, 2.05) is 23.1 Å². The third-order valence-corrected chi connectivity index (χ3v) is 7.60. The van der Waals surface area contributed by atoms with Gasteiger partial charge in [0.25, 0.3) is 11.7 Å². The first kappa shape index (κ1) is 28.2. The average Bonchev–Trinajstić information content (AvgIpc) is 3.26. The summed E-state index contributed by atoms with van der Waals surface area (Å²) in [6.45, 7) is 3.78. The van der Waals surface area contributed by atoms with Crippen molar-refractivity contribution in [2.75, 3.05) is 13.2 Å². The van der Waals surface area contributed by atoms with Crippen molar-refractivity contribution in [1.29, 1.82) is 0 Å². The summed E-state index contributed by atoms with van der Waals surface area (Å²) in [5.41, 5.74) is 0.722. The van der Waals surface area contributed by atoms with Crippen LogP contribution >= 0.6 is 0 Å². The van der Waals surface area contributed by atoms with Crippen molar-refractivity contribution < 1.29 is 24.2 Å². The summed E-state index contributed by atoms with van der Waals surface area (Å²) in [5.74, 6) is -1.42. The molecule has 0 spiro atoms. The van der Waals surface area contributed by atoms with Gasteiger partial charge in [-0.15, -0.1) is 0 Å². The second kappa shape index (κ2) is 15.0. The Morgan fingerprint density at radius 3 is 2.25 bits per heavy atom. The lowest BCUT2D eigenvalue weighted by molar-refractivity contribution is -0.205. The lowest BCUT2D eigenvalue weighted by Gasteiger charge is -2.42. The highest BCUT2D eigenvalue weighted by molar-refractivity contribution is 5.79. The number of nitrogens with zero attached hydrogens (tertiary/aromatic N) is 1. The molecule has 0 saturated heterocycles. The molecule has 3 rings (SSSR count). The number of aldehydes is 1. The molecule has 0 bridgehead atoms. The van der Waals surface area contributed by atoms with Crippen LogP contribution in [0.4, 0.5) is 0 Å². The minimum atomic E-state index is -1.61. The number of ether oxygens (including phenoxy) is 2. The Kier molecular flexibility index (Phi) is 11.8. The zero-order valence-electron chi connectivity index (χ0n) is 22.1. The van der Waals surface area contributed by atoms with E-state index in [1.165, 1.54) is 69.8 Å². The number of carbonyl (C=O) groups is 2. The van der Waals surface area contributed by atoms with Gasteiger partial charge in [0.1, 0.15) is 6.29 Å². The number of carbonyl (C=O) groups excluding carboxylic acids is 1. The predicted molar refractivity (Wildman–Crippen MR) is 141 cm³/mol. The zero-order chi connectivity index (χ0) is 25.6. The zero-order valence-corrected chi connectivity index (χ0v) is 22.1. The maximum absolute atomic E-state index is 12.6. The summed E-state index contributed by atoms with van der Waals surface area (Å²) in [7, 11) is 0. The Morgan fingerprint density at radius 2 is 1.64 bits per heavy atom. The SMILES string of the molecule is CCCCCCCCCCCCCCOC1=CC(CC=O)C(C(=O)O)(N2CCc3ccccc3C2)O1. The van der Waals surface area contributed by atoms with E-state index in [0.717, 1.165) is 31.1 Å². The predicted octanol–water partition coefficient (Wildman–Crippen LogP) is 6.62. The minimum Gasteiger partial charge on any atom is -0.477 e. The second-order valence-corrected chi connectivity index (χ2v) is 10.3. The summed E-state index contributed by atoms with van der Waals surface area (Å²) < 4.78 is 11.9. The quantitative estimate of drug-likeness (QED) is 0.181. The Labute approximate surface area is 217 Å². The van der Waals surface area contributed by atoms with Crippen LogP contribution in [-0.2, 0) is 32.0 Å². The van der Waals surface area contributed by atoms with E-state index in [9.17, 15) is 14.7 Å². The van der Waals surface area contributed by atoms with Crippen LogP contribution in [0.15, 0.2) is 36.3 Å². The van der Waals surface area contributed by atoms with E-state index in [-0.39, 0.29) is 12.4 Å². The number of aliphatic carboxylic acids is 1. The lowest BCUT2D eigenvalue weighted by atomic mass is 9.89. The number of fused-ring (bicyclic) bond motifs is 1. The maximum Gasteiger partial charge on any atom is 0.364 e. The van der Waals surface area contributed by atoms with Crippen LogP contribution < -0.4 is 0 Å². The van der Waals surface area contributed by atoms with Gasteiger partial charge < -0.3 is 19.4 Å². The van der Waals surface area contributed by atoms with Crippen molar-refractivity contribution in [2.45, 2.75) is 109 Å². The van der Waals surface area contributed by atoms with Gasteiger partial charge in [0.2, 0.25) is 0 Å². The van der Waals surface area contributed by atoms with Gasteiger partial charge in [-0.05, 0) is 24.0 Å². The highest BCUT2D eigenvalue weighted by Crippen LogP contribution is 2.41. The van der Waals surface area contributed by atoms with Gasteiger partial charge in [-0.1, -0.05) is 102 Å². The molecule has 0 saturated carbocycles. The van der Waals surface area contributed by atoms with Crippen molar-refractivity contribution in [2.24, 2.45) is 5.92 Å². The van der Waals surface area contributed by atoms with E-state index in [4.69, 9.17) is 9.47 Å². The van der Waals surface area contributed by atoms with Crippen LogP contribution in [0.1, 0.15) is 102 Å². The molecule has 0 aromatic heterocycles. The first-order chi connectivity index (χ1) is 17.6. The molecule has 1 N–H and O–H groups in total. The van der Waals surface area contributed by atoms with Crippen LogP contribution in [-0.4, -0.2) is 41.1 Å². The fraction of sp³-hybridized carbons (Fsp3) is 0.667. The molecule has 2 aliphatic rings. The summed E-state index contributed by atoms with van der Waals surface area (Å²) >= 11 is 0. The van der Waals surface area contributed by atoms with Gasteiger partial charge in [0, 0.05) is 25.6 Å². The first-order valence-electron chi connectivity index (χ1n) is 14.1. The Bertz CT molecular complexity index is 853. The number of carboxylic acids is 1. The van der Waals surface area contributed by atoms with Gasteiger partial charge in [-0.2, -0.15) is 0 Å². The first-order valence-corrected chi connectivity index (χ1v) is 14.1. The summed E-state index contributed by atoms with van der Waals surface area (Å²) in [4.78, 5) is 25.8. The molecule has 0 amide bonds. The van der Waals surface area contributed by atoms with Gasteiger partial charge in [-0.25, -0.2) is 4.79 Å². The number of hydrogen-bond donors (Lipinski definition) is 1. The number of benzene rings is 1. The van der Waals surface area contributed by atoms with E-state index in [1.54, 1.807) is 6.08 Å². The van der Waals surface area contributed by atoms with Gasteiger partial charge in [0.15, 0.2) is 0 Å². The fourth-order valence-corrected chi connectivity index (χ4v) is 5.48. The molecule has 1 aromatic carbocycles. The Balaban J connectivity index is 1.41. The smallest absolute Gasteiger partial charge is 0.364 e. The highest BCUT2D eigenvalue weighted by atomic mass is 16.7. The van der Waals surface area contributed by atoms with Gasteiger partial charge in [0.05, 0.1) is 12.5 Å². The van der Waals surface area contributed by atoms with Crippen LogP contribution in [0.25, 0.3) is 0 Å². The van der Waals surface area contributed by atoms with E-state index < -0.39 is 17.6 Å². The van der Waals surface area contributed by atoms with Gasteiger partial charge >= 0.3 is 5.97 Å². The molecule has 0 radical (unpaired) electrons. The molecule has 2 aliphatic heterocycles. The number of unbranched alkanes of at least 4 members (excludes halogenated alkanes) is 11. The molecule has 2 unspecified atom stereocenters. The van der Waals surface area contributed by atoms with Crippen LogP contribution in [0.5, 0.6) is 0 Å². The molecule has 200 valence electrons. The Morgan fingerprint density at radius 1 is 1.03 bits per heavy atom. The van der Waals surface area contributed by atoms with E-state index in [0.29, 0.717) is 19.7 Å². The molecular formula is C30H45NO5. The molecule has 6 nitrogen and oxygen atoms in total. The molecule has 1 aromatic rings. The van der Waals surface area contributed by atoms with Crippen LogP contribution in [0.3, 0.4) is 0 Å². The van der Waals surface area contributed by atoms with Gasteiger partial charge in [-0.3, -0.25) is 4.90 Å². The molecule has 2 atom stereocenters. The summed E-state index contributed by atoms with van der Waals surface area (Å²) in [5, 5.41) is 10.3. The number of hydrogen-bond acceptors (Lipinski definition) is 5. The average molecular weight is 500 g/mol. The molecule has 36 heavy (non-hydrogen) atoms. The summed E-state index contributed by atoms with van der Waals surface area (Å²) in [6.07, 6.45) is 18.5. The highest BCUT2D eigenvalue weighted by Gasteiger charge is 2.57. The molecule has 6 heteroatoms. The third kappa shape index (κ3) is 7.58. The standard InChI is InChI=1S/C30H45NO5/c1-2-3-4-5-6-7-8-9-10-11-12-15-22-35-28-23-27(19-21-32)30(36-28,29(33)34)31-20-18-25-16-13-14-17-26(25)24-31/h13-14,16-17,21,23,27H,2-12,15,18-20,22,24H2,1H3,(H,33,34). The van der Waals surface area contributed by atoms with Crippen LogP contribution in [0, 0.1) is 5.92 Å². The number of rotatable bonds is 18. The largest absolute Gasteiger partial charge is 0.477 e. The van der Waals surface area contributed by atoms with Crippen molar-refractivity contribution in [3.63, 3.8) is 0 Å². The normalized spacial score (nSPS) is 21.5. The van der Waals surface area contributed by atoms with Crippen LogP contribution in [0.2, 0.25) is 0 Å². The monoisotopic (exact) mass is 499 g/mol.